The van der Waals surface area contributed by atoms with Gasteiger partial charge in [-0.05, 0) is 67.6 Å². The maximum Gasteiger partial charge on any atom is 0.248 e. The average Bonchev–Trinajstić information content (AvgIpc) is 2.70. The molecule has 1 aliphatic rings. The third-order valence-electron chi connectivity index (χ3n) is 5.20. The van der Waals surface area contributed by atoms with Gasteiger partial charge in [0.15, 0.2) is 0 Å². The molecule has 2 aromatic carbocycles. The van der Waals surface area contributed by atoms with E-state index in [2.05, 4.69) is 22.8 Å². The third kappa shape index (κ3) is 6.57. The van der Waals surface area contributed by atoms with E-state index in [9.17, 15) is 9.59 Å². The number of allylic oxidation sites excluding steroid dienone is 1. The van der Waals surface area contributed by atoms with Crippen molar-refractivity contribution in [1.29, 1.82) is 0 Å². The van der Waals surface area contributed by atoms with Gasteiger partial charge in [0, 0.05) is 12.1 Å². The molecule has 5 nitrogen and oxygen atoms in total. The molecule has 0 spiro atoms. The number of carbonyl (C=O) groups is 2. The van der Waals surface area contributed by atoms with Gasteiger partial charge in [0.25, 0.3) is 0 Å². The van der Waals surface area contributed by atoms with Crippen LogP contribution in [0.25, 0.3) is 0 Å². The van der Waals surface area contributed by atoms with E-state index in [1.807, 2.05) is 24.3 Å². The van der Waals surface area contributed by atoms with E-state index >= 15 is 0 Å². The Hall–Kier alpha value is -2.92. The van der Waals surface area contributed by atoms with Crippen molar-refractivity contribution >= 4 is 17.4 Å². The van der Waals surface area contributed by atoms with Gasteiger partial charge in [-0.25, -0.2) is 0 Å². The lowest BCUT2D eigenvalue weighted by atomic mass is 9.89. The predicted molar refractivity (Wildman–Crippen MR) is 115 cm³/mol. The standard InChI is InChI=1S/C24H28N2O3/c1-29-21-12-10-20(11-13-21)26-24(28)14-9-19(17-23(27)22-15-16-25-22)8-7-18-5-3-2-4-6-18/h2-6,9-14,19,22,25H,7-8,15-17H2,1H3,(H,26,28)/b14-9+/t19-,22-/m0/s1. The summed E-state index contributed by atoms with van der Waals surface area (Å²) in [6, 6.07) is 17.4. The van der Waals surface area contributed by atoms with Crippen molar-refractivity contribution < 1.29 is 14.3 Å². The van der Waals surface area contributed by atoms with E-state index in [0.29, 0.717) is 12.1 Å². The number of hydrogen-bond acceptors (Lipinski definition) is 4. The SMILES string of the molecule is COc1ccc(NC(=O)/C=C/[C@H](CCc2ccccc2)CC(=O)[C@@H]2CCN2)cc1. The van der Waals surface area contributed by atoms with E-state index in [1.165, 1.54) is 5.56 Å². The number of ether oxygens (including phenoxy) is 1. The summed E-state index contributed by atoms with van der Waals surface area (Å²) >= 11 is 0. The molecule has 3 rings (SSSR count). The second-order valence-corrected chi connectivity index (χ2v) is 7.33. The van der Waals surface area contributed by atoms with Crippen LogP contribution in [0.1, 0.15) is 24.8 Å². The van der Waals surface area contributed by atoms with Crippen molar-refractivity contribution in [2.45, 2.75) is 31.7 Å². The Balaban J connectivity index is 1.58. The highest BCUT2D eigenvalue weighted by Crippen LogP contribution is 2.19. The van der Waals surface area contributed by atoms with E-state index in [4.69, 9.17) is 4.74 Å². The molecule has 2 atom stereocenters. The third-order valence-corrected chi connectivity index (χ3v) is 5.20. The van der Waals surface area contributed by atoms with Gasteiger partial charge in [-0.3, -0.25) is 9.59 Å². The van der Waals surface area contributed by atoms with E-state index in [0.717, 1.165) is 31.6 Å². The zero-order chi connectivity index (χ0) is 20.5. The van der Waals surface area contributed by atoms with Crippen molar-refractivity contribution in [2.24, 2.45) is 5.92 Å². The van der Waals surface area contributed by atoms with Crippen LogP contribution in [-0.2, 0) is 16.0 Å². The van der Waals surface area contributed by atoms with Crippen LogP contribution in [0.5, 0.6) is 5.75 Å². The van der Waals surface area contributed by atoms with E-state index < -0.39 is 0 Å². The largest absolute Gasteiger partial charge is 0.497 e. The molecule has 1 heterocycles. The van der Waals surface area contributed by atoms with E-state index in [1.54, 1.807) is 37.5 Å². The highest BCUT2D eigenvalue weighted by molar-refractivity contribution is 5.99. The molecule has 0 bridgehead atoms. The summed E-state index contributed by atoms with van der Waals surface area (Å²) < 4.78 is 5.12. The highest BCUT2D eigenvalue weighted by Gasteiger charge is 2.25. The maximum atomic E-state index is 12.4. The Morgan fingerprint density at radius 1 is 1.17 bits per heavy atom. The summed E-state index contributed by atoms with van der Waals surface area (Å²) in [7, 11) is 1.60. The van der Waals surface area contributed by atoms with Crippen molar-refractivity contribution in [3.8, 4) is 5.75 Å². The second-order valence-electron chi connectivity index (χ2n) is 7.33. The minimum atomic E-state index is -0.200. The number of ketones is 1. The molecule has 2 aromatic rings. The number of hydrogen-bond donors (Lipinski definition) is 2. The van der Waals surface area contributed by atoms with Crippen LogP contribution in [0.4, 0.5) is 5.69 Å². The Morgan fingerprint density at radius 3 is 2.52 bits per heavy atom. The molecule has 1 aliphatic heterocycles. The average molecular weight is 392 g/mol. The topological polar surface area (TPSA) is 67.4 Å². The summed E-state index contributed by atoms with van der Waals surface area (Å²) in [5.41, 5.74) is 1.94. The minimum absolute atomic E-state index is 0.0178. The highest BCUT2D eigenvalue weighted by atomic mass is 16.5. The van der Waals surface area contributed by atoms with E-state index in [-0.39, 0.29) is 23.7 Å². The number of Topliss-reactive ketones (excluding diaryl/α,β-unsaturated/α-hetero) is 1. The molecule has 5 heteroatoms. The van der Waals surface area contributed by atoms with Crippen LogP contribution < -0.4 is 15.4 Å². The molecule has 0 radical (unpaired) electrons. The van der Waals surface area contributed by atoms with Crippen LogP contribution >= 0.6 is 0 Å². The Labute approximate surface area is 172 Å². The molecule has 1 amide bonds. The summed E-state index contributed by atoms with van der Waals surface area (Å²) in [5.74, 6) is 0.804. The maximum absolute atomic E-state index is 12.4. The summed E-state index contributed by atoms with van der Waals surface area (Å²) in [4.78, 5) is 24.7. The van der Waals surface area contributed by atoms with Gasteiger partial charge >= 0.3 is 0 Å². The zero-order valence-electron chi connectivity index (χ0n) is 16.8. The van der Waals surface area contributed by atoms with Crippen molar-refractivity contribution in [3.05, 3.63) is 72.3 Å². The molecule has 2 N–H and O–H groups in total. The number of benzene rings is 2. The van der Waals surface area contributed by atoms with Crippen LogP contribution in [0.3, 0.4) is 0 Å². The van der Waals surface area contributed by atoms with Crippen LogP contribution in [0, 0.1) is 5.92 Å². The number of methoxy groups -OCH3 is 1. The molecule has 29 heavy (non-hydrogen) atoms. The van der Waals surface area contributed by atoms with Crippen LogP contribution in [-0.4, -0.2) is 31.4 Å². The predicted octanol–water partition coefficient (Wildman–Crippen LogP) is 3.76. The number of carbonyl (C=O) groups excluding carboxylic acids is 2. The summed E-state index contributed by atoms with van der Waals surface area (Å²) in [5, 5.41) is 6.01. The normalized spacial score (nSPS) is 16.8. The van der Waals surface area contributed by atoms with Gasteiger partial charge in [0.2, 0.25) is 5.91 Å². The quantitative estimate of drug-likeness (QED) is 0.604. The Morgan fingerprint density at radius 2 is 1.90 bits per heavy atom. The van der Waals surface area contributed by atoms with Crippen LogP contribution in [0.15, 0.2) is 66.7 Å². The number of amides is 1. The molecule has 0 aliphatic carbocycles. The fourth-order valence-electron chi connectivity index (χ4n) is 3.31. The van der Waals surface area contributed by atoms with Crippen LogP contribution in [0.2, 0.25) is 0 Å². The van der Waals surface area contributed by atoms with Gasteiger partial charge in [-0.1, -0.05) is 36.4 Å². The fraction of sp³-hybridized carbons (Fsp3) is 0.333. The Bertz CT molecular complexity index is 827. The number of anilines is 1. The monoisotopic (exact) mass is 392 g/mol. The first-order chi connectivity index (χ1) is 14.1. The first kappa shape index (κ1) is 20.8. The van der Waals surface area contributed by atoms with Gasteiger partial charge in [0.1, 0.15) is 11.5 Å². The minimum Gasteiger partial charge on any atom is -0.497 e. The molecular weight excluding hydrogens is 364 g/mol. The number of nitrogens with one attached hydrogen (secondary N) is 2. The molecule has 1 fully saturated rings. The van der Waals surface area contributed by atoms with Gasteiger partial charge < -0.3 is 15.4 Å². The molecule has 1 saturated heterocycles. The Kier molecular flexibility index (Phi) is 7.59. The lowest BCUT2D eigenvalue weighted by Crippen LogP contribution is -2.48. The molecule has 152 valence electrons. The zero-order valence-corrected chi connectivity index (χ0v) is 16.8. The first-order valence-electron chi connectivity index (χ1n) is 10.1. The smallest absolute Gasteiger partial charge is 0.248 e. The van der Waals surface area contributed by atoms with Gasteiger partial charge in [-0.15, -0.1) is 0 Å². The van der Waals surface area contributed by atoms with Gasteiger partial charge in [-0.2, -0.15) is 0 Å². The molecule has 0 unspecified atom stereocenters. The van der Waals surface area contributed by atoms with Crippen molar-refractivity contribution in [2.75, 3.05) is 19.0 Å². The lowest BCUT2D eigenvalue weighted by Gasteiger charge is -2.27. The second kappa shape index (κ2) is 10.6. The molecular formula is C24H28N2O3. The summed E-state index contributed by atoms with van der Waals surface area (Å²) in [6.07, 6.45) is 6.48. The summed E-state index contributed by atoms with van der Waals surface area (Å²) in [6.45, 7) is 0.908. The first-order valence-corrected chi connectivity index (χ1v) is 10.1. The van der Waals surface area contributed by atoms with Crippen molar-refractivity contribution in [3.63, 3.8) is 0 Å². The molecule has 0 saturated carbocycles. The number of rotatable bonds is 10. The lowest BCUT2D eigenvalue weighted by molar-refractivity contribution is -0.123. The molecule has 0 aromatic heterocycles. The fourth-order valence-corrected chi connectivity index (χ4v) is 3.31. The number of aryl methyl sites for hydroxylation is 1. The van der Waals surface area contributed by atoms with Gasteiger partial charge in [0.05, 0.1) is 13.2 Å². The van der Waals surface area contributed by atoms with Crippen molar-refractivity contribution in [1.82, 2.24) is 5.32 Å².